The Morgan fingerprint density at radius 1 is 0.387 bits per heavy atom. The normalized spacial score (nSPS) is 12.4. The Bertz CT molecular complexity index is 1140. The molecule has 1 aliphatic rings. The molecule has 5 amide bonds. The van der Waals surface area contributed by atoms with Crippen molar-refractivity contribution in [2.24, 2.45) is 0 Å². The van der Waals surface area contributed by atoms with E-state index in [1.165, 1.54) is 12.2 Å². The number of hydrogen-bond donors (Lipinski definition) is 4. The van der Waals surface area contributed by atoms with Crippen molar-refractivity contribution < 1.29 is 85.9 Å². The Balaban J connectivity index is 1.64. The van der Waals surface area contributed by atoms with E-state index in [0.717, 1.165) is 4.90 Å². The maximum Gasteiger partial charge on any atom is 0.253 e. The molecule has 1 rings (SSSR count). The standard InChI is InChI=1S/C40H72N4O18/c45-11-5-37(47)41-7-1-8-42-38(48)6-12-51-14-16-53-18-20-55-22-24-57-26-28-59-30-32-61-34-35-62-33-31-60-29-27-58-25-23-56-21-19-54-17-15-52-13-9-43-36(46)4-10-44-39(49)2-3-40(44)50/h2-3,45H,1,4-35H2,(H,41,47)(H,42,48)(H,43,46). The minimum atomic E-state index is -0.403. The molecule has 0 aliphatic carbocycles. The molecular weight excluding hydrogens is 824 g/mol. The van der Waals surface area contributed by atoms with Crippen molar-refractivity contribution in [3.8, 4) is 0 Å². The zero-order valence-electron chi connectivity index (χ0n) is 36.3. The van der Waals surface area contributed by atoms with E-state index in [1.54, 1.807) is 0 Å². The van der Waals surface area contributed by atoms with Crippen LogP contribution < -0.4 is 16.0 Å². The molecule has 360 valence electrons. The van der Waals surface area contributed by atoms with Crippen LogP contribution in [0, 0.1) is 0 Å². The predicted octanol–water partition coefficient (Wildman–Crippen LogP) is -1.99. The molecule has 0 saturated carbocycles. The average molecular weight is 897 g/mol. The number of imide groups is 1. The van der Waals surface area contributed by atoms with Crippen molar-refractivity contribution in [1.29, 1.82) is 0 Å². The number of aliphatic hydroxyl groups excluding tert-OH is 1. The van der Waals surface area contributed by atoms with E-state index < -0.39 is 11.8 Å². The number of amides is 5. The number of nitrogens with zero attached hydrogens (tertiary/aromatic N) is 1. The van der Waals surface area contributed by atoms with Crippen LogP contribution in [0.25, 0.3) is 0 Å². The second kappa shape index (κ2) is 44.4. The zero-order chi connectivity index (χ0) is 44.8. The van der Waals surface area contributed by atoms with Crippen LogP contribution in [-0.4, -0.2) is 231 Å². The first-order chi connectivity index (χ1) is 30.4. The van der Waals surface area contributed by atoms with Gasteiger partial charge in [0.1, 0.15) is 0 Å². The quantitative estimate of drug-likeness (QED) is 0.0381. The van der Waals surface area contributed by atoms with Crippen LogP contribution in [0.4, 0.5) is 0 Å². The maximum atomic E-state index is 11.8. The van der Waals surface area contributed by atoms with Crippen LogP contribution in [-0.2, 0) is 80.8 Å². The summed E-state index contributed by atoms with van der Waals surface area (Å²) < 4.78 is 65.5. The number of rotatable bonds is 48. The lowest BCUT2D eigenvalue weighted by molar-refractivity contribution is -0.137. The van der Waals surface area contributed by atoms with Gasteiger partial charge in [-0.05, 0) is 6.42 Å². The summed E-state index contributed by atoms with van der Waals surface area (Å²) in [6, 6.07) is 0. The molecule has 0 aromatic carbocycles. The van der Waals surface area contributed by atoms with Gasteiger partial charge >= 0.3 is 0 Å². The second-order valence-corrected chi connectivity index (χ2v) is 12.9. The fourth-order valence-electron chi connectivity index (χ4n) is 4.72. The van der Waals surface area contributed by atoms with Gasteiger partial charge in [0.2, 0.25) is 17.7 Å². The van der Waals surface area contributed by atoms with Gasteiger partial charge in [-0.3, -0.25) is 28.9 Å². The summed E-state index contributed by atoms with van der Waals surface area (Å²) in [7, 11) is 0. The monoisotopic (exact) mass is 896 g/mol. The van der Waals surface area contributed by atoms with Crippen molar-refractivity contribution >= 4 is 29.5 Å². The van der Waals surface area contributed by atoms with Crippen LogP contribution >= 0.6 is 0 Å². The van der Waals surface area contributed by atoms with Crippen molar-refractivity contribution in [3.05, 3.63) is 12.2 Å². The molecule has 22 heteroatoms. The average Bonchev–Trinajstić information content (AvgIpc) is 3.59. The first-order valence-corrected chi connectivity index (χ1v) is 21.3. The number of ether oxygens (including phenoxy) is 12. The molecule has 0 atom stereocenters. The highest BCUT2D eigenvalue weighted by Gasteiger charge is 2.23. The molecule has 22 nitrogen and oxygen atoms in total. The minimum Gasteiger partial charge on any atom is -0.396 e. The van der Waals surface area contributed by atoms with E-state index in [9.17, 15) is 24.0 Å². The number of carbonyl (C=O) groups is 5. The van der Waals surface area contributed by atoms with Gasteiger partial charge in [-0.2, -0.15) is 0 Å². The fraction of sp³-hybridized carbons (Fsp3) is 0.825. The van der Waals surface area contributed by atoms with Gasteiger partial charge in [0, 0.05) is 57.6 Å². The Labute approximate surface area is 365 Å². The molecule has 4 N–H and O–H groups in total. The molecule has 0 fully saturated rings. The highest BCUT2D eigenvalue weighted by Crippen LogP contribution is 2.04. The molecular formula is C40H72N4O18. The molecule has 0 spiro atoms. The Morgan fingerprint density at radius 2 is 0.661 bits per heavy atom. The predicted molar refractivity (Wildman–Crippen MR) is 220 cm³/mol. The number of carbonyl (C=O) groups excluding carboxylic acids is 5. The first kappa shape index (κ1) is 56.8. The lowest BCUT2D eigenvalue weighted by Crippen LogP contribution is -2.35. The third kappa shape index (κ3) is 38.4. The van der Waals surface area contributed by atoms with Crippen molar-refractivity contribution in [2.45, 2.75) is 25.7 Å². The van der Waals surface area contributed by atoms with Crippen LogP contribution in [0.2, 0.25) is 0 Å². The van der Waals surface area contributed by atoms with Crippen molar-refractivity contribution in [2.75, 3.05) is 191 Å². The van der Waals surface area contributed by atoms with Crippen LogP contribution in [0.15, 0.2) is 12.2 Å². The van der Waals surface area contributed by atoms with E-state index in [1.807, 2.05) is 0 Å². The van der Waals surface area contributed by atoms with E-state index in [2.05, 4.69) is 16.0 Å². The lowest BCUT2D eigenvalue weighted by Gasteiger charge is -2.13. The SMILES string of the molecule is O=C(CCO)NCCCNC(=O)CCOCCOCCOCCOCCOCCOCCOCCOCCOCCOCCOCCOCCNC(=O)CCN1C(=O)C=CC1=O. The minimum absolute atomic E-state index is 0.0447. The molecule has 1 aliphatic heterocycles. The third-order valence-electron chi connectivity index (χ3n) is 7.93. The topological polar surface area (TPSA) is 256 Å². The van der Waals surface area contributed by atoms with E-state index in [0.29, 0.717) is 185 Å². The van der Waals surface area contributed by atoms with E-state index in [4.69, 9.17) is 61.9 Å². The van der Waals surface area contributed by atoms with Crippen molar-refractivity contribution in [1.82, 2.24) is 20.9 Å². The number of nitrogens with one attached hydrogen (secondary N) is 3. The summed E-state index contributed by atoms with van der Waals surface area (Å²) in [5.41, 5.74) is 0. The van der Waals surface area contributed by atoms with Gasteiger partial charge in [-0.15, -0.1) is 0 Å². The maximum absolute atomic E-state index is 11.8. The second-order valence-electron chi connectivity index (χ2n) is 12.9. The molecule has 62 heavy (non-hydrogen) atoms. The first-order valence-electron chi connectivity index (χ1n) is 21.3. The highest BCUT2D eigenvalue weighted by molar-refractivity contribution is 6.13. The number of aliphatic hydroxyl groups is 1. The smallest absolute Gasteiger partial charge is 0.253 e. The number of hydrogen-bond acceptors (Lipinski definition) is 18. The van der Waals surface area contributed by atoms with Gasteiger partial charge < -0.3 is 77.9 Å². The fourth-order valence-corrected chi connectivity index (χ4v) is 4.72. The third-order valence-corrected chi connectivity index (χ3v) is 7.93. The molecule has 0 aromatic heterocycles. The lowest BCUT2D eigenvalue weighted by atomic mass is 10.3. The zero-order valence-corrected chi connectivity index (χ0v) is 36.3. The highest BCUT2D eigenvalue weighted by atomic mass is 16.6. The van der Waals surface area contributed by atoms with Crippen LogP contribution in [0.3, 0.4) is 0 Å². The molecule has 0 radical (unpaired) electrons. The van der Waals surface area contributed by atoms with Gasteiger partial charge in [0.15, 0.2) is 0 Å². The molecule has 0 saturated heterocycles. The van der Waals surface area contributed by atoms with Crippen LogP contribution in [0.5, 0.6) is 0 Å². The Morgan fingerprint density at radius 3 is 1.00 bits per heavy atom. The summed E-state index contributed by atoms with van der Waals surface area (Å²) in [5.74, 6) is -1.39. The molecule has 0 aromatic rings. The summed E-state index contributed by atoms with van der Waals surface area (Å²) in [5, 5.41) is 16.8. The molecule has 0 bridgehead atoms. The summed E-state index contributed by atoms with van der Waals surface area (Å²) >= 11 is 0. The van der Waals surface area contributed by atoms with Gasteiger partial charge in [0.25, 0.3) is 11.8 Å². The largest absolute Gasteiger partial charge is 0.396 e. The van der Waals surface area contributed by atoms with Gasteiger partial charge in [-0.1, -0.05) is 0 Å². The van der Waals surface area contributed by atoms with E-state index in [-0.39, 0.29) is 50.1 Å². The molecule has 0 unspecified atom stereocenters. The van der Waals surface area contributed by atoms with Crippen LogP contribution in [0.1, 0.15) is 25.7 Å². The van der Waals surface area contributed by atoms with Crippen molar-refractivity contribution in [3.63, 3.8) is 0 Å². The summed E-state index contributed by atoms with van der Waals surface area (Å²) in [4.78, 5) is 58.7. The summed E-state index contributed by atoms with van der Waals surface area (Å²) in [6.45, 7) is 11.4. The Kier molecular flexibility index (Phi) is 40.6. The molecule has 1 heterocycles. The Hall–Kier alpha value is -3.23. The van der Waals surface area contributed by atoms with E-state index >= 15 is 0 Å². The van der Waals surface area contributed by atoms with Gasteiger partial charge in [-0.25, -0.2) is 0 Å². The summed E-state index contributed by atoms with van der Waals surface area (Å²) in [6.07, 6.45) is 3.37. The van der Waals surface area contributed by atoms with Gasteiger partial charge in [0.05, 0.1) is 165 Å².